The van der Waals surface area contributed by atoms with Crippen molar-refractivity contribution < 1.29 is 14.3 Å². The van der Waals surface area contributed by atoms with Crippen LogP contribution in [0.3, 0.4) is 0 Å². The summed E-state index contributed by atoms with van der Waals surface area (Å²) in [6.07, 6.45) is -0.0372. The fourth-order valence-electron chi connectivity index (χ4n) is 4.07. The molecule has 1 atom stereocenters. The number of benzene rings is 3. The molecule has 4 rings (SSSR count). The number of hydrogen-bond donors (Lipinski definition) is 1. The van der Waals surface area contributed by atoms with E-state index in [2.05, 4.69) is 27.9 Å². The molecule has 0 radical (unpaired) electrons. The zero-order chi connectivity index (χ0) is 22.7. The van der Waals surface area contributed by atoms with Gasteiger partial charge in [-0.1, -0.05) is 54.6 Å². The van der Waals surface area contributed by atoms with Crippen LogP contribution in [0.5, 0.6) is 0 Å². The Bertz CT molecular complexity index is 1120. The maximum absolute atomic E-state index is 13.4. The van der Waals surface area contributed by atoms with Crippen molar-refractivity contribution in [3.63, 3.8) is 0 Å². The molecule has 2 amide bonds. The van der Waals surface area contributed by atoms with Gasteiger partial charge in [0.2, 0.25) is 5.91 Å². The molecule has 0 aromatic heterocycles. The first-order valence-corrected chi connectivity index (χ1v) is 11.6. The maximum atomic E-state index is 13.4. The van der Waals surface area contributed by atoms with Gasteiger partial charge in [0, 0.05) is 15.7 Å². The molecule has 1 N–H and O–H groups in total. The lowest BCUT2D eigenvalue weighted by atomic mass is 9.93. The number of carbonyl (C=O) groups is 2. The number of rotatable bonds is 4. The van der Waals surface area contributed by atoms with Crippen molar-refractivity contribution >= 4 is 40.3 Å². The van der Waals surface area contributed by atoms with E-state index in [-0.39, 0.29) is 12.5 Å². The Morgan fingerprint density at radius 2 is 1.62 bits per heavy atom. The smallest absolute Gasteiger partial charge is 0.411 e. The van der Waals surface area contributed by atoms with E-state index in [1.54, 1.807) is 0 Å². The summed E-state index contributed by atoms with van der Waals surface area (Å²) in [5.41, 5.74) is 5.82. The normalized spacial score (nSPS) is 15.1. The minimum Gasteiger partial charge on any atom is -0.445 e. The second-order valence-corrected chi connectivity index (χ2v) is 9.31. The van der Waals surface area contributed by atoms with E-state index in [4.69, 9.17) is 4.74 Å². The Morgan fingerprint density at radius 1 is 1.00 bits per heavy atom. The van der Waals surface area contributed by atoms with E-state index in [1.807, 2.05) is 80.6 Å². The summed E-state index contributed by atoms with van der Waals surface area (Å²) in [6.45, 7) is 4.47. The van der Waals surface area contributed by atoms with Gasteiger partial charge in [-0.25, -0.2) is 4.79 Å². The fraction of sp³-hybridized carbons (Fsp3) is 0.231. The van der Waals surface area contributed by atoms with Gasteiger partial charge in [0.25, 0.3) is 0 Å². The molecule has 1 aliphatic rings. The average molecular weight is 540 g/mol. The molecule has 1 heterocycles. The largest absolute Gasteiger partial charge is 0.445 e. The van der Waals surface area contributed by atoms with E-state index in [0.717, 1.165) is 37.1 Å². The molecule has 0 spiro atoms. The molecule has 0 fully saturated rings. The van der Waals surface area contributed by atoms with Gasteiger partial charge < -0.3 is 10.1 Å². The van der Waals surface area contributed by atoms with Gasteiger partial charge >= 0.3 is 6.09 Å². The van der Waals surface area contributed by atoms with Crippen molar-refractivity contribution in [3.05, 3.63) is 98.1 Å². The summed E-state index contributed by atoms with van der Waals surface area (Å²) < 4.78 is 6.70. The summed E-state index contributed by atoms with van der Waals surface area (Å²) in [7, 11) is 0. The van der Waals surface area contributed by atoms with Crippen LogP contribution in [0.4, 0.5) is 10.5 Å². The van der Waals surface area contributed by atoms with Crippen LogP contribution in [0, 0.1) is 17.4 Å². The van der Waals surface area contributed by atoms with Crippen molar-refractivity contribution in [2.24, 2.45) is 0 Å². The zero-order valence-corrected chi connectivity index (χ0v) is 20.3. The summed E-state index contributed by atoms with van der Waals surface area (Å²) in [6, 6.07) is 20.9. The van der Waals surface area contributed by atoms with Crippen LogP contribution in [-0.4, -0.2) is 22.9 Å². The molecule has 0 saturated heterocycles. The number of carbonyl (C=O) groups excluding carboxylic acids is 2. The van der Waals surface area contributed by atoms with Gasteiger partial charge in [-0.15, -0.1) is 0 Å². The van der Waals surface area contributed by atoms with Crippen molar-refractivity contribution in [2.45, 2.75) is 39.5 Å². The summed E-state index contributed by atoms with van der Waals surface area (Å²) in [4.78, 5) is 28.0. The number of fused-ring (bicyclic) bond motifs is 1. The molecule has 0 bridgehead atoms. The molecular formula is C26H25IN2O3. The van der Waals surface area contributed by atoms with E-state index in [1.165, 1.54) is 4.90 Å². The Kier molecular flexibility index (Phi) is 6.79. The predicted molar refractivity (Wildman–Crippen MR) is 133 cm³/mol. The summed E-state index contributed by atoms with van der Waals surface area (Å²) in [5, 5.41) is 3.07. The lowest BCUT2D eigenvalue weighted by Crippen LogP contribution is -2.50. The quantitative estimate of drug-likeness (QED) is 0.438. The molecular weight excluding hydrogens is 515 g/mol. The number of ether oxygens (including phenoxy) is 1. The molecule has 3 aromatic carbocycles. The van der Waals surface area contributed by atoms with Crippen LogP contribution in [0.25, 0.3) is 0 Å². The first-order chi connectivity index (χ1) is 15.4. The Labute approximate surface area is 201 Å². The molecule has 6 heteroatoms. The molecule has 0 aliphatic carbocycles. The second-order valence-electron chi connectivity index (χ2n) is 8.06. The summed E-state index contributed by atoms with van der Waals surface area (Å²) in [5.74, 6) is -0.205. The van der Waals surface area contributed by atoms with Crippen molar-refractivity contribution in [1.29, 1.82) is 0 Å². The van der Waals surface area contributed by atoms with Crippen molar-refractivity contribution in [3.8, 4) is 0 Å². The highest BCUT2D eigenvalue weighted by Gasteiger charge is 2.36. The van der Waals surface area contributed by atoms with Crippen LogP contribution in [0.1, 0.15) is 27.8 Å². The molecule has 5 nitrogen and oxygen atoms in total. The van der Waals surface area contributed by atoms with E-state index >= 15 is 0 Å². The van der Waals surface area contributed by atoms with E-state index in [0.29, 0.717) is 13.0 Å². The molecule has 164 valence electrons. The third-order valence-corrected chi connectivity index (χ3v) is 6.36. The number of hydrogen-bond acceptors (Lipinski definition) is 3. The van der Waals surface area contributed by atoms with Crippen LogP contribution in [-0.2, 0) is 29.1 Å². The van der Waals surface area contributed by atoms with E-state index < -0.39 is 12.1 Å². The van der Waals surface area contributed by atoms with Crippen molar-refractivity contribution in [2.75, 3.05) is 5.32 Å². The van der Waals surface area contributed by atoms with E-state index in [9.17, 15) is 9.59 Å². The number of aryl methyl sites for hydroxylation is 2. The average Bonchev–Trinajstić information content (AvgIpc) is 2.79. The van der Waals surface area contributed by atoms with Gasteiger partial charge in [-0.05, 0) is 76.4 Å². The first-order valence-electron chi connectivity index (χ1n) is 10.5. The third-order valence-electron chi connectivity index (χ3n) is 5.74. The monoisotopic (exact) mass is 540 g/mol. The molecule has 0 saturated carbocycles. The van der Waals surface area contributed by atoms with Crippen LogP contribution < -0.4 is 5.32 Å². The fourth-order valence-corrected chi connectivity index (χ4v) is 5.00. The topological polar surface area (TPSA) is 58.6 Å². The van der Waals surface area contributed by atoms with Gasteiger partial charge in [0.15, 0.2) is 0 Å². The standard InChI is InChI=1S/C26H25IN2O3/c1-17-12-22(27)13-18(2)24(17)28-25(30)23-14-20-10-6-7-11-21(20)15-29(23)26(31)32-16-19-8-4-3-5-9-19/h3-13,23H,14-16H2,1-2H3,(H,28,30)/t23-/m0/s1. The van der Waals surface area contributed by atoms with Crippen LogP contribution in [0.15, 0.2) is 66.7 Å². The number of anilines is 1. The molecule has 1 aliphatic heterocycles. The zero-order valence-electron chi connectivity index (χ0n) is 18.1. The lowest BCUT2D eigenvalue weighted by molar-refractivity contribution is -0.121. The Hall–Kier alpha value is -2.87. The van der Waals surface area contributed by atoms with Gasteiger partial charge in [-0.2, -0.15) is 0 Å². The molecule has 3 aromatic rings. The highest BCUT2D eigenvalue weighted by Crippen LogP contribution is 2.27. The number of nitrogens with one attached hydrogen (secondary N) is 1. The second kappa shape index (κ2) is 9.73. The van der Waals surface area contributed by atoms with Crippen LogP contribution in [0.2, 0.25) is 0 Å². The predicted octanol–water partition coefficient (Wildman–Crippen LogP) is 5.61. The number of halogens is 1. The minimum atomic E-state index is -0.647. The van der Waals surface area contributed by atoms with Gasteiger partial charge in [0.05, 0.1) is 6.54 Å². The van der Waals surface area contributed by atoms with Gasteiger partial charge in [-0.3, -0.25) is 9.69 Å². The Balaban J connectivity index is 1.57. The highest BCUT2D eigenvalue weighted by atomic mass is 127. The Morgan fingerprint density at radius 3 is 2.31 bits per heavy atom. The lowest BCUT2D eigenvalue weighted by Gasteiger charge is -2.35. The number of amides is 2. The minimum absolute atomic E-state index is 0.168. The van der Waals surface area contributed by atoms with Crippen LogP contribution >= 0.6 is 22.6 Å². The highest BCUT2D eigenvalue weighted by molar-refractivity contribution is 14.1. The summed E-state index contributed by atoms with van der Waals surface area (Å²) >= 11 is 2.27. The van der Waals surface area contributed by atoms with Crippen molar-refractivity contribution in [1.82, 2.24) is 4.90 Å². The van der Waals surface area contributed by atoms with Gasteiger partial charge in [0.1, 0.15) is 12.6 Å². The molecule has 0 unspecified atom stereocenters. The molecule has 32 heavy (non-hydrogen) atoms. The third kappa shape index (κ3) is 4.96. The first kappa shape index (κ1) is 22.3. The maximum Gasteiger partial charge on any atom is 0.411 e. The SMILES string of the molecule is Cc1cc(I)cc(C)c1NC(=O)[C@@H]1Cc2ccccc2CN1C(=O)OCc1ccccc1. The number of nitrogens with zero attached hydrogens (tertiary/aromatic N) is 1.